The van der Waals surface area contributed by atoms with Crippen molar-refractivity contribution >= 4 is 11.4 Å². The molecule has 1 heteroatoms. The van der Waals surface area contributed by atoms with E-state index < -0.39 is 0 Å². The fraction of sp³-hybridized carbons (Fsp3) is 0.278. The van der Waals surface area contributed by atoms with Crippen LogP contribution in [0.3, 0.4) is 0 Å². The molecule has 1 aliphatic rings. The molecule has 0 bridgehead atoms. The van der Waals surface area contributed by atoms with E-state index in [4.69, 9.17) is 0 Å². The molecule has 0 N–H and O–H groups in total. The first-order chi connectivity index (χ1) is 9.01. The molecule has 0 atom stereocenters. The third-order valence-electron chi connectivity index (χ3n) is 4.19. The van der Waals surface area contributed by atoms with Gasteiger partial charge >= 0.3 is 0 Å². The second-order valence-electron chi connectivity index (χ2n) is 5.92. The van der Waals surface area contributed by atoms with Crippen LogP contribution in [0.25, 0.3) is 0 Å². The van der Waals surface area contributed by atoms with Crippen molar-refractivity contribution in [1.82, 2.24) is 0 Å². The van der Waals surface area contributed by atoms with Crippen molar-refractivity contribution in [3.8, 4) is 0 Å². The maximum absolute atomic E-state index is 2.33. The van der Waals surface area contributed by atoms with Gasteiger partial charge in [0.15, 0.2) is 5.71 Å². The highest BCUT2D eigenvalue weighted by atomic mass is 15.0. The highest BCUT2D eigenvalue weighted by molar-refractivity contribution is 6.07. The van der Waals surface area contributed by atoms with Crippen LogP contribution >= 0.6 is 0 Å². The SMILES string of the molecule is Cc1ccc(C2=[N+](C)c3ccccc3C2(C)C)cc1. The van der Waals surface area contributed by atoms with E-state index in [1.54, 1.807) is 0 Å². The molecule has 2 aromatic rings. The fourth-order valence-corrected chi connectivity index (χ4v) is 3.23. The van der Waals surface area contributed by atoms with E-state index in [2.05, 4.69) is 80.9 Å². The number of nitrogens with zero attached hydrogens (tertiary/aromatic N) is 1. The van der Waals surface area contributed by atoms with Gasteiger partial charge in [-0.15, -0.1) is 0 Å². The normalized spacial score (nSPS) is 16.6. The van der Waals surface area contributed by atoms with E-state index in [-0.39, 0.29) is 5.41 Å². The van der Waals surface area contributed by atoms with Gasteiger partial charge in [-0.1, -0.05) is 35.9 Å². The van der Waals surface area contributed by atoms with Crippen LogP contribution in [-0.2, 0) is 5.41 Å². The van der Waals surface area contributed by atoms with E-state index >= 15 is 0 Å². The molecule has 0 amide bonds. The maximum atomic E-state index is 2.33. The summed E-state index contributed by atoms with van der Waals surface area (Å²) in [4.78, 5) is 0. The highest BCUT2D eigenvalue weighted by Gasteiger charge is 2.44. The van der Waals surface area contributed by atoms with Crippen LogP contribution in [0.4, 0.5) is 5.69 Å². The van der Waals surface area contributed by atoms with Crippen LogP contribution in [0.5, 0.6) is 0 Å². The molecule has 0 unspecified atom stereocenters. The number of hydrogen-bond donors (Lipinski definition) is 0. The molecule has 0 aromatic heterocycles. The lowest BCUT2D eigenvalue weighted by Crippen LogP contribution is -2.29. The molecular formula is C18H20N+. The van der Waals surface area contributed by atoms with Gasteiger partial charge in [-0.25, -0.2) is 0 Å². The standard InChI is InChI=1S/C18H20N/c1-13-9-11-14(12-10-13)17-18(2,3)15-7-5-6-8-16(15)19(17)4/h5-12H,1-4H3/q+1. The Balaban J connectivity index is 2.23. The first kappa shape index (κ1) is 12.2. The van der Waals surface area contributed by atoms with Gasteiger partial charge in [0.1, 0.15) is 7.05 Å². The predicted molar refractivity (Wildman–Crippen MR) is 80.6 cm³/mol. The van der Waals surface area contributed by atoms with Crippen LogP contribution in [-0.4, -0.2) is 17.3 Å². The molecule has 1 aliphatic heterocycles. The zero-order valence-corrected chi connectivity index (χ0v) is 12.1. The summed E-state index contributed by atoms with van der Waals surface area (Å²) in [7, 11) is 2.17. The molecule has 19 heavy (non-hydrogen) atoms. The van der Waals surface area contributed by atoms with Crippen LogP contribution < -0.4 is 0 Å². The van der Waals surface area contributed by atoms with Gasteiger partial charge in [0.2, 0.25) is 5.69 Å². The lowest BCUT2D eigenvalue weighted by molar-refractivity contribution is -0.401. The number of benzene rings is 2. The Morgan fingerprint density at radius 1 is 0.895 bits per heavy atom. The summed E-state index contributed by atoms with van der Waals surface area (Å²) in [5.74, 6) is 0. The van der Waals surface area contributed by atoms with Crippen molar-refractivity contribution in [2.75, 3.05) is 7.05 Å². The van der Waals surface area contributed by atoms with E-state index in [1.807, 2.05) is 0 Å². The predicted octanol–water partition coefficient (Wildman–Crippen LogP) is 4.05. The van der Waals surface area contributed by atoms with Crippen molar-refractivity contribution in [3.05, 3.63) is 65.2 Å². The zero-order valence-electron chi connectivity index (χ0n) is 12.1. The summed E-state index contributed by atoms with van der Waals surface area (Å²) < 4.78 is 2.33. The average molecular weight is 250 g/mol. The monoisotopic (exact) mass is 250 g/mol. The van der Waals surface area contributed by atoms with Crippen molar-refractivity contribution in [2.24, 2.45) is 0 Å². The van der Waals surface area contributed by atoms with Crippen molar-refractivity contribution in [2.45, 2.75) is 26.2 Å². The van der Waals surface area contributed by atoms with Gasteiger partial charge in [0, 0.05) is 17.2 Å². The first-order valence-corrected chi connectivity index (χ1v) is 6.79. The number of para-hydroxylation sites is 1. The summed E-state index contributed by atoms with van der Waals surface area (Å²) in [5.41, 5.74) is 6.79. The Hall–Kier alpha value is -1.89. The summed E-state index contributed by atoms with van der Waals surface area (Å²) in [6.45, 7) is 6.75. The van der Waals surface area contributed by atoms with Crippen LogP contribution in [0.2, 0.25) is 0 Å². The molecule has 0 aliphatic carbocycles. The van der Waals surface area contributed by atoms with Gasteiger partial charge in [0.25, 0.3) is 0 Å². The van der Waals surface area contributed by atoms with E-state index in [1.165, 1.54) is 28.1 Å². The molecule has 0 spiro atoms. The zero-order chi connectivity index (χ0) is 13.6. The number of hydrogen-bond acceptors (Lipinski definition) is 0. The van der Waals surface area contributed by atoms with E-state index in [0.29, 0.717) is 0 Å². The van der Waals surface area contributed by atoms with Gasteiger partial charge in [0.05, 0.1) is 5.41 Å². The van der Waals surface area contributed by atoms with Crippen molar-refractivity contribution in [1.29, 1.82) is 0 Å². The Morgan fingerprint density at radius 2 is 1.53 bits per heavy atom. The molecule has 0 radical (unpaired) electrons. The van der Waals surface area contributed by atoms with Gasteiger partial charge < -0.3 is 0 Å². The van der Waals surface area contributed by atoms with Gasteiger partial charge in [-0.3, -0.25) is 0 Å². The van der Waals surface area contributed by atoms with Crippen LogP contribution in [0.15, 0.2) is 48.5 Å². The minimum atomic E-state index is 0.0562. The smallest absolute Gasteiger partial charge is 0.197 e. The molecule has 0 fully saturated rings. The lowest BCUT2D eigenvalue weighted by Gasteiger charge is -2.17. The number of aryl methyl sites for hydroxylation is 1. The molecule has 0 saturated heterocycles. The fourth-order valence-electron chi connectivity index (χ4n) is 3.23. The molecule has 0 saturated carbocycles. The summed E-state index contributed by atoms with van der Waals surface area (Å²) >= 11 is 0. The third kappa shape index (κ3) is 1.73. The Morgan fingerprint density at radius 3 is 2.16 bits per heavy atom. The summed E-state index contributed by atoms with van der Waals surface area (Å²) in [5, 5.41) is 0. The minimum absolute atomic E-state index is 0.0562. The van der Waals surface area contributed by atoms with E-state index in [0.717, 1.165) is 0 Å². The van der Waals surface area contributed by atoms with Gasteiger partial charge in [-0.05, 0) is 32.9 Å². The molecule has 1 heterocycles. The lowest BCUT2D eigenvalue weighted by atomic mass is 9.79. The third-order valence-corrected chi connectivity index (χ3v) is 4.19. The van der Waals surface area contributed by atoms with E-state index in [9.17, 15) is 0 Å². The molecular weight excluding hydrogens is 230 g/mol. The number of rotatable bonds is 1. The second kappa shape index (κ2) is 4.06. The maximum Gasteiger partial charge on any atom is 0.209 e. The Labute approximate surface area is 115 Å². The van der Waals surface area contributed by atoms with Crippen LogP contribution in [0.1, 0.15) is 30.5 Å². The summed E-state index contributed by atoms with van der Waals surface area (Å²) in [6.07, 6.45) is 0. The molecule has 2 aromatic carbocycles. The second-order valence-corrected chi connectivity index (χ2v) is 5.92. The topological polar surface area (TPSA) is 3.01 Å². The van der Waals surface area contributed by atoms with Gasteiger partial charge in [-0.2, -0.15) is 4.58 Å². The highest BCUT2D eigenvalue weighted by Crippen LogP contribution is 2.40. The Bertz CT molecular complexity index is 660. The average Bonchev–Trinajstić information content (AvgIpc) is 2.60. The summed E-state index contributed by atoms with van der Waals surface area (Å²) in [6, 6.07) is 17.5. The first-order valence-electron chi connectivity index (χ1n) is 6.79. The molecule has 1 nitrogen and oxygen atoms in total. The van der Waals surface area contributed by atoms with Crippen molar-refractivity contribution in [3.63, 3.8) is 0 Å². The molecule has 96 valence electrons. The largest absolute Gasteiger partial charge is 0.209 e. The minimum Gasteiger partial charge on any atom is -0.197 e. The number of fused-ring (bicyclic) bond motifs is 1. The Kier molecular flexibility index (Phi) is 2.60. The van der Waals surface area contributed by atoms with Crippen LogP contribution in [0, 0.1) is 6.92 Å². The molecule has 3 rings (SSSR count). The quantitative estimate of drug-likeness (QED) is 0.672. The van der Waals surface area contributed by atoms with Crippen molar-refractivity contribution < 1.29 is 4.58 Å².